The molecule has 0 aliphatic heterocycles. The zero-order chi connectivity index (χ0) is 7.28. The molecule has 0 aromatic carbocycles. The lowest BCUT2D eigenvalue weighted by atomic mass is 10.2. The van der Waals surface area contributed by atoms with E-state index in [-0.39, 0.29) is 0 Å². The van der Waals surface area contributed by atoms with Gasteiger partial charge in [-0.25, -0.2) is 0 Å². The summed E-state index contributed by atoms with van der Waals surface area (Å²) in [6.45, 7) is 2.75. The second kappa shape index (κ2) is 4.62. The summed E-state index contributed by atoms with van der Waals surface area (Å²) >= 11 is 5.51. The molecule has 1 atom stereocenters. The smallest absolute Gasteiger partial charge is 0.209 e. The lowest BCUT2D eigenvalue weighted by Crippen LogP contribution is -2.23. The van der Waals surface area contributed by atoms with E-state index in [2.05, 4.69) is 0 Å². The zero-order valence-corrected chi connectivity index (χ0v) is 6.56. The van der Waals surface area contributed by atoms with Crippen LogP contribution in [0, 0.1) is 5.92 Å². The quantitative estimate of drug-likeness (QED) is 0.431. The Morgan fingerprint density at radius 3 is 2.67 bits per heavy atom. The number of amides is 1. The van der Waals surface area contributed by atoms with Gasteiger partial charge in [0.1, 0.15) is 0 Å². The van der Waals surface area contributed by atoms with Gasteiger partial charge in [0.15, 0.2) is 0 Å². The standard InChI is InChI=1S/C6H12ClNO/c1-6(3-7)4-8(2)5-9/h5-6H,3-4H2,1-2H3/t6-/m1/s1. The van der Waals surface area contributed by atoms with Gasteiger partial charge >= 0.3 is 0 Å². The van der Waals surface area contributed by atoms with E-state index in [1.807, 2.05) is 6.92 Å². The van der Waals surface area contributed by atoms with Gasteiger partial charge < -0.3 is 4.90 Å². The highest BCUT2D eigenvalue weighted by Gasteiger charge is 2.01. The fourth-order valence-corrected chi connectivity index (χ4v) is 0.681. The minimum atomic E-state index is 0.391. The molecular formula is C6H12ClNO. The van der Waals surface area contributed by atoms with Gasteiger partial charge in [-0.1, -0.05) is 6.92 Å². The number of hydrogen-bond acceptors (Lipinski definition) is 1. The fraction of sp³-hybridized carbons (Fsp3) is 0.833. The maximum absolute atomic E-state index is 10.0. The summed E-state index contributed by atoms with van der Waals surface area (Å²) in [5.74, 6) is 1.000. The number of nitrogens with zero attached hydrogens (tertiary/aromatic N) is 1. The van der Waals surface area contributed by atoms with Crippen LogP contribution in [0.25, 0.3) is 0 Å². The van der Waals surface area contributed by atoms with E-state index < -0.39 is 0 Å². The molecule has 0 spiro atoms. The first-order chi connectivity index (χ1) is 4.20. The predicted molar refractivity (Wildman–Crippen MR) is 38.6 cm³/mol. The molecule has 0 bridgehead atoms. The highest BCUT2D eigenvalue weighted by atomic mass is 35.5. The van der Waals surface area contributed by atoms with Crippen LogP contribution in [-0.2, 0) is 4.79 Å². The molecule has 0 aliphatic carbocycles. The number of hydrogen-bond donors (Lipinski definition) is 0. The summed E-state index contributed by atoms with van der Waals surface area (Å²) in [6.07, 6.45) is 0.809. The third-order valence-corrected chi connectivity index (χ3v) is 1.57. The predicted octanol–water partition coefficient (Wildman–Crippen LogP) is 0.950. The number of rotatable bonds is 4. The Bertz CT molecular complexity index is 87.1. The molecule has 0 aromatic rings. The van der Waals surface area contributed by atoms with Gasteiger partial charge in [0, 0.05) is 19.5 Å². The van der Waals surface area contributed by atoms with E-state index >= 15 is 0 Å². The second-order valence-electron chi connectivity index (χ2n) is 2.30. The van der Waals surface area contributed by atoms with Gasteiger partial charge in [-0.3, -0.25) is 4.79 Å². The summed E-state index contributed by atoms with van der Waals surface area (Å²) in [5, 5.41) is 0. The van der Waals surface area contributed by atoms with Crippen LogP contribution in [0.1, 0.15) is 6.92 Å². The third kappa shape index (κ3) is 4.28. The van der Waals surface area contributed by atoms with E-state index in [1.54, 1.807) is 11.9 Å². The van der Waals surface area contributed by atoms with E-state index in [0.29, 0.717) is 11.8 Å². The van der Waals surface area contributed by atoms with Crippen molar-refractivity contribution in [3.05, 3.63) is 0 Å². The molecule has 54 valence electrons. The maximum Gasteiger partial charge on any atom is 0.209 e. The van der Waals surface area contributed by atoms with Gasteiger partial charge in [-0.15, -0.1) is 11.6 Å². The molecule has 2 nitrogen and oxygen atoms in total. The van der Waals surface area contributed by atoms with Crippen LogP contribution >= 0.6 is 11.6 Å². The van der Waals surface area contributed by atoms with Gasteiger partial charge in [0.25, 0.3) is 0 Å². The average molecular weight is 150 g/mol. The molecule has 0 unspecified atom stereocenters. The Labute approximate surface area is 60.8 Å². The van der Waals surface area contributed by atoms with Crippen molar-refractivity contribution in [2.45, 2.75) is 6.92 Å². The van der Waals surface area contributed by atoms with Crippen LogP contribution in [0.3, 0.4) is 0 Å². The first-order valence-corrected chi connectivity index (χ1v) is 3.45. The van der Waals surface area contributed by atoms with E-state index in [0.717, 1.165) is 13.0 Å². The van der Waals surface area contributed by atoms with Gasteiger partial charge in [0.2, 0.25) is 6.41 Å². The van der Waals surface area contributed by atoms with E-state index in [4.69, 9.17) is 11.6 Å². The Kier molecular flexibility index (Phi) is 4.50. The molecule has 0 fully saturated rings. The van der Waals surface area contributed by atoms with E-state index in [1.165, 1.54) is 0 Å². The lowest BCUT2D eigenvalue weighted by Gasteiger charge is -2.13. The molecule has 0 saturated heterocycles. The number of alkyl halides is 1. The molecule has 0 N–H and O–H groups in total. The second-order valence-corrected chi connectivity index (χ2v) is 2.61. The summed E-state index contributed by atoms with van der Waals surface area (Å²) < 4.78 is 0. The molecule has 1 amide bonds. The summed E-state index contributed by atoms with van der Waals surface area (Å²) in [4.78, 5) is 11.6. The minimum absolute atomic E-state index is 0.391. The highest BCUT2D eigenvalue weighted by molar-refractivity contribution is 6.18. The molecule has 0 saturated carbocycles. The highest BCUT2D eigenvalue weighted by Crippen LogP contribution is 1.97. The van der Waals surface area contributed by atoms with Crippen LogP contribution in [0.2, 0.25) is 0 Å². The Morgan fingerprint density at radius 1 is 1.78 bits per heavy atom. The molecule has 3 heteroatoms. The topological polar surface area (TPSA) is 20.3 Å². The number of carbonyl (C=O) groups is 1. The first-order valence-electron chi connectivity index (χ1n) is 2.92. The largest absolute Gasteiger partial charge is 0.348 e. The van der Waals surface area contributed by atoms with Crippen LogP contribution in [0.5, 0.6) is 0 Å². The van der Waals surface area contributed by atoms with Crippen molar-refractivity contribution in [3.63, 3.8) is 0 Å². The van der Waals surface area contributed by atoms with Crippen molar-refractivity contribution in [3.8, 4) is 0 Å². The van der Waals surface area contributed by atoms with Crippen LogP contribution in [-0.4, -0.2) is 30.8 Å². The molecule has 0 radical (unpaired) electrons. The Hall–Kier alpha value is -0.240. The van der Waals surface area contributed by atoms with Crippen LogP contribution in [0.15, 0.2) is 0 Å². The van der Waals surface area contributed by atoms with Crippen molar-refractivity contribution >= 4 is 18.0 Å². The van der Waals surface area contributed by atoms with Crippen molar-refractivity contribution in [1.29, 1.82) is 0 Å². The molecular weight excluding hydrogens is 138 g/mol. The molecule has 0 aromatic heterocycles. The van der Waals surface area contributed by atoms with Crippen molar-refractivity contribution in [2.24, 2.45) is 5.92 Å². The lowest BCUT2D eigenvalue weighted by molar-refractivity contribution is -0.117. The number of halogens is 1. The molecule has 9 heavy (non-hydrogen) atoms. The summed E-state index contributed by atoms with van der Waals surface area (Å²) in [7, 11) is 1.75. The molecule has 0 heterocycles. The van der Waals surface area contributed by atoms with Gasteiger partial charge in [-0.2, -0.15) is 0 Å². The van der Waals surface area contributed by atoms with Crippen molar-refractivity contribution in [1.82, 2.24) is 4.90 Å². The van der Waals surface area contributed by atoms with E-state index in [9.17, 15) is 4.79 Å². The Morgan fingerprint density at radius 2 is 2.33 bits per heavy atom. The molecule has 0 rings (SSSR count). The zero-order valence-electron chi connectivity index (χ0n) is 5.80. The average Bonchev–Trinajstić information content (AvgIpc) is 1.87. The first kappa shape index (κ1) is 8.76. The maximum atomic E-state index is 10.0. The number of carbonyl (C=O) groups excluding carboxylic acids is 1. The monoisotopic (exact) mass is 149 g/mol. The fourth-order valence-electron chi connectivity index (χ4n) is 0.583. The van der Waals surface area contributed by atoms with Gasteiger partial charge in [0.05, 0.1) is 0 Å². The Balaban J connectivity index is 3.33. The normalized spacial score (nSPS) is 12.8. The van der Waals surface area contributed by atoms with Crippen LogP contribution < -0.4 is 0 Å². The third-order valence-electron chi connectivity index (χ3n) is 1.04. The van der Waals surface area contributed by atoms with Crippen molar-refractivity contribution < 1.29 is 4.79 Å². The van der Waals surface area contributed by atoms with Crippen molar-refractivity contribution in [2.75, 3.05) is 19.5 Å². The minimum Gasteiger partial charge on any atom is -0.348 e. The van der Waals surface area contributed by atoms with Gasteiger partial charge in [-0.05, 0) is 5.92 Å². The SMILES string of the molecule is C[C@H](CCl)CN(C)C=O. The van der Waals surface area contributed by atoms with Crippen LogP contribution in [0.4, 0.5) is 0 Å². The molecule has 0 aliphatic rings. The summed E-state index contributed by atoms with van der Waals surface area (Å²) in [5.41, 5.74) is 0. The summed E-state index contributed by atoms with van der Waals surface area (Å²) in [6, 6.07) is 0.